The van der Waals surface area contributed by atoms with Crippen LogP contribution in [0.1, 0.15) is 155 Å². The summed E-state index contributed by atoms with van der Waals surface area (Å²) in [6.45, 7) is 11.2. The number of amides is 12. The molecule has 2 aliphatic heterocycles. The second kappa shape index (κ2) is 46.9. The monoisotopic (exact) mass is 1460 g/mol. The van der Waals surface area contributed by atoms with E-state index in [0.29, 0.717) is 88.9 Å². The van der Waals surface area contributed by atoms with Gasteiger partial charge in [-0.2, -0.15) is 0 Å². The molecule has 0 saturated carbocycles. The number of nitrogens with zero attached hydrogens (tertiary/aromatic N) is 2. The number of aromatic hydroxyl groups is 2. The number of carbonyl (C=O) groups excluding carboxylic acids is 12. The van der Waals surface area contributed by atoms with Gasteiger partial charge in [0.2, 0.25) is 70.9 Å². The molecule has 4 rings (SSSR count). The van der Waals surface area contributed by atoms with Gasteiger partial charge in [-0.3, -0.25) is 57.5 Å². The van der Waals surface area contributed by atoms with Crippen LogP contribution in [-0.2, 0) is 80.0 Å². The molecule has 580 valence electrons. The molecule has 0 spiro atoms. The molecule has 2 heterocycles. The Morgan fingerprint density at radius 3 is 1.15 bits per heavy atom. The summed E-state index contributed by atoms with van der Waals surface area (Å²) in [7, 11) is 0. The molecule has 2 aromatic carbocycles. The van der Waals surface area contributed by atoms with Gasteiger partial charge in [0.05, 0.1) is 38.0 Å². The number of carbonyl (C=O) groups is 14. The molecule has 12 amide bonds. The van der Waals surface area contributed by atoms with E-state index in [4.69, 9.17) is 22.9 Å². The summed E-state index contributed by atoms with van der Waals surface area (Å²) in [4.78, 5) is 185. The van der Waals surface area contributed by atoms with Crippen LogP contribution in [0.25, 0.3) is 0 Å². The quantitative estimate of drug-likeness (QED) is 0.0320. The lowest BCUT2D eigenvalue weighted by molar-refractivity contribution is -0.144. The first-order chi connectivity index (χ1) is 49.3. The van der Waals surface area contributed by atoms with Gasteiger partial charge < -0.3 is 106 Å². The lowest BCUT2D eigenvalue weighted by atomic mass is 9.98. The maximum Gasteiger partial charge on any atom is 0.326 e. The van der Waals surface area contributed by atoms with E-state index in [0.717, 1.165) is 38.5 Å². The van der Waals surface area contributed by atoms with Gasteiger partial charge in [-0.15, -0.1) is 0 Å². The first kappa shape index (κ1) is 88.7. The van der Waals surface area contributed by atoms with Gasteiger partial charge in [-0.1, -0.05) is 64.8 Å². The summed E-state index contributed by atoms with van der Waals surface area (Å²) in [5, 5.41) is 64.0. The zero-order chi connectivity index (χ0) is 77.6. The van der Waals surface area contributed by atoms with Crippen molar-refractivity contribution in [2.24, 2.45) is 34.8 Å². The van der Waals surface area contributed by atoms with Crippen molar-refractivity contribution >= 4 is 82.8 Å². The van der Waals surface area contributed by atoms with E-state index in [1.807, 2.05) is 0 Å². The Morgan fingerprint density at radius 1 is 0.413 bits per heavy atom. The summed E-state index contributed by atoms with van der Waals surface area (Å²) >= 11 is 0. The van der Waals surface area contributed by atoms with Gasteiger partial charge in [-0.25, -0.2) is 9.59 Å². The largest absolute Gasteiger partial charge is 0.508 e. The van der Waals surface area contributed by atoms with Crippen molar-refractivity contribution in [3.05, 3.63) is 59.7 Å². The molecule has 2 aromatic rings. The molecule has 34 nitrogen and oxygen atoms in total. The van der Waals surface area contributed by atoms with Crippen LogP contribution in [0.4, 0.5) is 0 Å². The highest BCUT2D eigenvalue weighted by molar-refractivity contribution is 5.99. The van der Waals surface area contributed by atoms with Gasteiger partial charge in [0, 0.05) is 39.0 Å². The number of carboxylic acids is 2. The van der Waals surface area contributed by atoms with Crippen LogP contribution in [-0.4, -0.2) is 226 Å². The fourth-order valence-electron chi connectivity index (χ4n) is 11.1. The predicted octanol–water partition coefficient (Wildman–Crippen LogP) is -2.00. The Hall–Kier alpha value is -9.54. The molecule has 0 bridgehead atoms. The highest BCUT2D eigenvalue weighted by atomic mass is 16.4. The molecule has 104 heavy (non-hydrogen) atoms. The molecule has 34 heteroatoms. The minimum Gasteiger partial charge on any atom is -0.508 e. The number of nitrogens with two attached hydrogens (primary N) is 4. The number of aliphatic carboxylic acids is 2. The third-order valence-corrected chi connectivity index (χ3v) is 17.9. The molecule has 0 radical (unpaired) electrons. The second-order valence-electron chi connectivity index (χ2n) is 26.5. The number of unbranched alkanes of at least 4 members (excludes halogenated alkanes) is 2. The highest BCUT2D eigenvalue weighted by Gasteiger charge is 2.36. The van der Waals surface area contributed by atoms with Gasteiger partial charge in [0.1, 0.15) is 59.8 Å². The molecule has 22 N–H and O–H groups in total. The number of likely N-dealkylation sites (tertiary alicyclic amines) is 2. The third kappa shape index (κ3) is 32.4. The summed E-state index contributed by atoms with van der Waals surface area (Å²) in [5.74, 6) is -11.4. The Morgan fingerprint density at radius 2 is 0.779 bits per heavy atom. The van der Waals surface area contributed by atoms with E-state index in [-0.39, 0.29) is 43.1 Å². The summed E-state index contributed by atoms with van der Waals surface area (Å²) in [6.07, 6.45) is 7.47. The molecule has 12 atom stereocenters. The van der Waals surface area contributed by atoms with Crippen molar-refractivity contribution in [3.8, 4) is 11.5 Å². The minimum atomic E-state index is -1.41. The smallest absolute Gasteiger partial charge is 0.326 e. The number of phenols is 2. The molecule has 2 unspecified atom stereocenters. The van der Waals surface area contributed by atoms with Crippen LogP contribution in [0.2, 0.25) is 0 Å². The first-order valence-electron chi connectivity index (χ1n) is 35.8. The normalized spacial score (nSPS) is 16.2. The Kier molecular flexibility index (Phi) is 40.0. The fraction of sp³-hybridized carbons (Fsp3) is 0.629. The van der Waals surface area contributed by atoms with Crippen molar-refractivity contribution in [2.75, 3.05) is 52.4 Å². The van der Waals surface area contributed by atoms with E-state index in [1.54, 1.807) is 61.8 Å². The Bertz CT molecular complexity index is 3150. The number of hydrogen-bond donors (Lipinski definition) is 18. The van der Waals surface area contributed by atoms with Crippen molar-refractivity contribution in [3.63, 3.8) is 0 Å². The van der Waals surface area contributed by atoms with Crippen LogP contribution in [0.3, 0.4) is 0 Å². The zero-order valence-corrected chi connectivity index (χ0v) is 60.6. The zero-order valence-electron chi connectivity index (χ0n) is 60.6. The summed E-state index contributed by atoms with van der Waals surface area (Å²) < 4.78 is 0. The maximum atomic E-state index is 13.6. The molecule has 0 aromatic heterocycles. The number of hydrogen-bond acceptors (Lipinski definition) is 20. The van der Waals surface area contributed by atoms with Gasteiger partial charge in [0.25, 0.3) is 0 Å². The molecule has 2 aliphatic rings. The third-order valence-electron chi connectivity index (χ3n) is 17.9. The Labute approximate surface area is 606 Å². The first-order valence-corrected chi connectivity index (χ1v) is 35.8. The number of phenolic OH excluding ortho intramolecular Hbond substituents is 2. The number of nitrogens with one attached hydrogen (secondary N) is 10. The van der Waals surface area contributed by atoms with Crippen LogP contribution in [0.15, 0.2) is 48.5 Å². The summed E-state index contributed by atoms with van der Waals surface area (Å²) in [5.41, 5.74) is 23.7. The molecular weight excluding hydrogens is 1350 g/mol. The standard InChI is InChI=1S/2C35H56N8O9/c1-4-21(2)30(35(51)52)42-34(50)26(18-23-11-13-24(44)14-12-23)39-28(45)20-38-32(48)27(19-29(46)43-16-8-5-9-17-43)41-33(49)25(10-6-7-15-36)40-31(47)22(3)37;1-4-21(2)30(35(51)52)42-33(49)26(18-23-11-13-24(44)14-12-23)39-29(46)20-38-28(45)19-27(34(50)43-16-8-5-9-17-43)41-32(48)25(10-6-7-15-36)40-31(47)22(3)37/h11-14,21-22,25-27,30,44H,4-10,15-20,36-37H2,1-3H3,(H,38,48)(H,39,45)(H,40,47)(H,41,49)(H,42,50)(H,51,52);11-14,21-22,25-27,30,44H,4-10,15-20,36-37H2,1-3H3,(H,38,45)(H,39,46)(H,40,47)(H,41,48)(H,42,49)(H,51,52)/t2*21-,22-,25-,26-,27?,30-/m00/s1. The van der Waals surface area contributed by atoms with Crippen LogP contribution in [0.5, 0.6) is 11.5 Å². The van der Waals surface area contributed by atoms with E-state index >= 15 is 0 Å². The van der Waals surface area contributed by atoms with Crippen molar-refractivity contribution < 1.29 is 87.5 Å². The minimum absolute atomic E-state index is 0.00972. The highest BCUT2D eigenvalue weighted by Crippen LogP contribution is 2.18. The predicted molar refractivity (Wildman–Crippen MR) is 382 cm³/mol. The van der Waals surface area contributed by atoms with Crippen molar-refractivity contribution in [1.82, 2.24) is 63.0 Å². The van der Waals surface area contributed by atoms with Gasteiger partial charge >= 0.3 is 11.9 Å². The SMILES string of the molecule is CC[C@H](C)[C@H](NC(=O)[C@H](Cc1ccc(O)cc1)NC(=O)CNC(=O)C(CC(=O)N1CCCCC1)NC(=O)[C@H](CCCCN)NC(=O)[C@H](C)N)C(=O)O.CC[C@H](C)[C@H](NC(=O)[C@H](Cc1ccc(O)cc1)NC(=O)CNC(=O)CC(NC(=O)[C@H](CCCCN)NC(=O)[C@H](C)N)C(=O)N1CCCCC1)C(=O)O. The van der Waals surface area contributed by atoms with Crippen LogP contribution >= 0.6 is 0 Å². The fourth-order valence-corrected chi connectivity index (χ4v) is 11.1. The van der Waals surface area contributed by atoms with E-state index < -0.39 is 175 Å². The lowest BCUT2D eigenvalue weighted by Gasteiger charge is -2.31. The second-order valence-corrected chi connectivity index (χ2v) is 26.5. The van der Waals surface area contributed by atoms with Crippen molar-refractivity contribution in [1.29, 1.82) is 0 Å². The average Bonchev–Trinajstić information content (AvgIpc) is 0.850. The van der Waals surface area contributed by atoms with E-state index in [9.17, 15) is 87.5 Å². The molecule has 2 fully saturated rings. The molecule has 0 aliphatic carbocycles. The topological polar surface area (TPSA) is 551 Å². The molecule has 2 saturated heterocycles. The maximum absolute atomic E-state index is 13.6. The number of piperidine rings is 2. The molecular formula is C70H112N16O18. The van der Waals surface area contributed by atoms with Crippen LogP contribution < -0.4 is 76.1 Å². The van der Waals surface area contributed by atoms with Crippen molar-refractivity contribution in [2.45, 2.75) is 218 Å². The average molecular weight is 1470 g/mol. The van der Waals surface area contributed by atoms with Gasteiger partial charge in [-0.05, 0) is 151 Å². The number of benzene rings is 2. The van der Waals surface area contributed by atoms with Gasteiger partial charge in [0.15, 0.2) is 0 Å². The van der Waals surface area contributed by atoms with Crippen LogP contribution in [0, 0.1) is 11.8 Å². The summed E-state index contributed by atoms with van der Waals surface area (Å²) in [6, 6.07) is 0.208. The number of carboxylic acid groups (broad SMARTS) is 2. The number of rotatable bonds is 42. The van der Waals surface area contributed by atoms with E-state index in [2.05, 4.69) is 53.2 Å². The van der Waals surface area contributed by atoms with E-state index in [1.165, 1.54) is 38.1 Å². The Balaban J connectivity index is 0.000000540. The lowest BCUT2D eigenvalue weighted by Crippen LogP contribution is -2.58.